The Hall–Kier alpha value is -3.65. The number of methoxy groups -OCH3 is 1. The van der Waals surface area contributed by atoms with Gasteiger partial charge in [0, 0.05) is 17.1 Å². The number of amides is 1. The number of carbonyl (C=O) groups excluding carboxylic acids is 2. The molecule has 8 heteroatoms. The lowest BCUT2D eigenvalue weighted by atomic mass is 9.95. The lowest BCUT2D eigenvalue weighted by Crippen LogP contribution is -2.29. The third kappa shape index (κ3) is 4.47. The maximum atomic E-state index is 13.2. The highest BCUT2D eigenvalue weighted by Crippen LogP contribution is 2.43. The molecule has 1 amide bonds. The van der Waals surface area contributed by atoms with Crippen LogP contribution in [0.3, 0.4) is 0 Å². The van der Waals surface area contributed by atoms with Crippen LogP contribution in [-0.4, -0.2) is 35.5 Å². The van der Waals surface area contributed by atoms with Crippen molar-refractivity contribution in [1.29, 1.82) is 0 Å². The molecule has 170 valence electrons. The number of benzene rings is 2. The molecule has 33 heavy (non-hydrogen) atoms. The van der Waals surface area contributed by atoms with E-state index in [1.165, 1.54) is 16.2 Å². The van der Waals surface area contributed by atoms with Crippen molar-refractivity contribution in [3.63, 3.8) is 0 Å². The van der Waals surface area contributed by atoms with E-state index in [4.69, 9.17) is 9.47 Å². The second kappa shape index (κ2) is 9.87. The number of aliphatic hydroxyl groups is 1. The molecule has 2 aromatic carbocycles. The summed E-state index contributed by atoms with van der Waals surface area (Å²) in [5, 5.41) is 13.4. The number of ether oxygens (including phenoxy) is 2. The van der Waals surface area contributed by atoms with E-state index >= 15 is 0 Å². The summed E-state index contributed by atoms with van der Waals surface area (Å²) in [6.45, 7) is 2.63. The van der Waals surface area contributed by atoms with Crippen molar-refractivity contribution in [1.82, 2.24) is 4.98 Å². The van der Waals surface area contributed by atoms with Crippen molar-refractivity contribution >= 4 is 33.9 Å². The summed E-state index contributed by atoms with van der Waals surface area (Å²) < 4.78 is 11.1. The zero-order valence-electron chi connectivity index (χ0n) is 18.4. The van der Waals surface area contributed by atoms with Crippen LogP contribution in [0.4, 0.5) is 5.13 Å². The zero-order valence-corrected chi connectivity index (χ0v) is 19.2. The highest BCUT2D eigenvalue weighted by Gasteiger charge is 2.48. The fourth-order valence-corrected chi connectivity index (χ4v) is 4.38. The van der Waals surface area contributed by atoms with Gasteiger partial charge in [-0.1, -0.05) is 37.6 Å². The van der Waals surface area contributed by atoms with Crippen LogP contribution in [-0.2, 0) is 9.59 Å². The molecule has 0 spiro atoms. The van der Waals surface area contributed by atoms with E-state index in [1.807, 2.05) is 0 Å². The summed E-state index contributed by atoms with van der Waals surface area (Å²) in [5.74, 6) is -0.619. The first-order valence-corrected chi connectivity index (χ1v) is 11.5. The largest absolute Gasteiger partial charge is 0.507 e. The first-order chi connectivity index (χ1) is 16.0. The zero-order chi connectivity index (χ0) is 23.4. The maximum Gasteiger partial charge on any atom is 0.301 e. The van der Waals surface area contributed by atoms with Crippen molar-refractivity contribution in [3.05, 3.63) is 76.8 Å². The number of anilines is 1. The number of hydrogen-bond acceptors (Lipinski definition) is 7. The van der Waals surface area contributed by atoms with Crippen LogP contribution in [0.15, 0.2) is 65.7 Å². The minimum atomic E-state index is -0.851. The molecule has 0 bridgehead atoms. The van der Waals surface area contributed by atoms with Crippen LogP contribution in [0, 0.1) is 0 Å². The molecule has 1 saturated heterocycles. The Morgan fingerprint density at radius 3 is 2.67 bits per heavy atom. The van der Waals surface area contributed by atoms with Gasteiger partial charge >= 0.3 is 5.91 Å². The van der Waals surface area contributed by atoms with Crippen LogP contribution in [0.5, 0.6) is 11.5 Å². The molecule has 4 rings (SSSR count). The average molecular weight is 465 g/mol. The summed E-state index contributed by atoms with van der Waals surface area (Å²) in [4.78, 5) is 31.8. The molecule has 0 aliphatic carbocycles. The average Bonchev–Trinajstić information content (AvgIpc) is 3.46. The number of unbranched alkanes of at least 4 members (excludes halogenated alkanes) is 1. The van der Waals surface area contributed by atoms with Crippen LogP contribution in [0.25, 0.3) is 5.76 Å². The van der Waals surface area contributed by atoms with E-state index in [9.17, 15) is 14.7 Å². The fourth-order valence-electron chi connectivity index (χ4n) is 3.71. The number of nitrogens with zero attached hydrogens (tertiary/aromatic N) is 2. The van der Waals surface area contributed by atoms with Gasteiger partial charge in [0.25, 0.3) is 5.78 Å². The summed E-state index contributed by atoms with van der Waals surface area (Å²) in [5.41, 5.74) is 1.02. The smallest absolute Gasteiger partial charge is 0.301 e. The van der Waals surface area contributed by atoms with Gasteiger partial charge in [-0.3, -0.25) is 14.5 Å². The second-order valence-corrected chi connectivity index (χ2v) is 8.36. The van der Waals surface area contributed by atoms with Crippen molar-refractivity contribution in [3.8, 4) is 11.5 Å². The molecule has 1 N–H and O–H groups in total. The van der Waals surface area contributed by atoms with Crippen molar-refractivity contribution in [2.45, 2.75) is 25.8 Å². The fraction of sp³-hybridized carbons (Fsp3) is 0.240. The molecule has 0 saturated carbocycles. The molecule has 1 atom stereocenters. The summed E-state index contributed by atoms with van der Waals surface area (Å²) in [7, 11) is 1.54. The monoisotopic (exact) mass is 464 g/mol. The van der Waals surface area contributed by atoms with Gasteiger partial charge in [-0.25, -0.2) is 4.98 Å². The van der Waals surface area contributed by atoms with Gasteiger partial charge in [0.05, 0.1) is 25.3 Å². The molecule has 0 radical (unpaired) electrons. The van der Waals surface area contributed by atoms with E-state index in [1.54, 1.807) is 67.2 Å². The minimum absolute atomic E-state index is 0.00541. The molecule has 3 aromatic rings. The maximum absolute atomic E-state index is 13.2. The summed E-state index contributed by atoms with van der Waals surface area (Å²) in [6.07, 6.45) is 3.48. The Balaban J connectivity index is 1.84. The number of aromatic nitrogens is 1. The van der Waals surface area contributed by atoms with Gasteiger partial charge in [-0.2, -0.15) is 0 Å². The van der Waals surface area contributed by atoms with Crippen molar-refractivity contribution < 1.29 is 24.2 Å². The Morgan fingerprint density at radius 2 is 1.94 bits per heavy atom. The Morgan fingerprint density at radius 1 is 1.15 bits per heavy atom. The molecule has 2 heterocycles. The van der Waals surface area contributed by atoms with Crippen LogP contribution < -0.4 is 14.4 Å². The Labute approximate surface area is 195 Å². The molecule has 1 aliphatic heterocycles. The number of rotatable bonds is 8. The number of hydrogen-bond donors (Lipinski definition) is 1. The second-order valence-electron chi connectivity index (χ2n) is 7.49. The van der Waals surface area contributed by atoms with E-state index in [0.29, 0.717) is 34.4 Å². The lowest BCUT2D eigenvalue weighted by molar-refractivity contribution is -0.132. The van der Waals surface area contributed by atoms with Crippen LogP contribution >= 0.6 is 11.3 Å². The Bertz CT molecular complexity index is 1190. The first kappa shape index (κ1) is 22.5. The third-order valence-corrected chi connectivity index (χ3v) is 6.12. The quantitative estimate of drug-likeness (QED) is 0.219. The first-order valence-electron chi connectivity index (χ1n) is 10.6. The van der Waals surface area contributed by atoms with E-state index < -0.39 is 17.7 Å². The molecule has 1 fully saturated rings. The van der Waals surface area contributed by atoms with Crippen molar-refractivity contribution in [2.24, 2.45) is 0 Å². The number of thiazole rings is 1. The standard InChI is InChI=1S/C25H24N2O5S/c1-3-4-12-32-19-10-6-8-17(15-19)22(28)20-21(16-7-5-9-18(14-16)31-2)27(24(30)23(20)29)25-26-11-13-33-25/h5-11,13-15,21,28H,3-4,12H2,1-2H3. The normalized spacial score (nSPS) is 17.4. The van der Waals surface area contributed by atoms with Gasteiger partial charge in [0.2, 0.25) is 0 Å². The highest BCUT2D eigenvalue weighted by atomic mass is 32.1. The van der Waals surface area contributed by atoms with Gasteiger partial charge in [0.15, 0.2) is 5.13 Å². The van der Waals surface area contributed by atoms with E-state index in [-0.39, 0.29) is 11.3 Å². The topological polar surface area (TPSA) is 89.0 Å². The van der Waals surface area contributed by atoms with Crippen LogP contribution in [0.2, 0.25) is 0 Å². The molecule has 7 nitrogen and oxygen atoms in total. The SMILES string of the molecule is CCCCOc1cccc(C(O)=C2C(=O)C(=O)N(c3nccs3)C2c2cccc(OC)c2)c1. The van der Waals surface area contributed by atoms with Crippen LogP contribution in [0.1, 0.15) is 36.9 Å². The van der Waals surface area contributed by atoms with Crippen molar-refractivity contribution in [2.75, 3.05) is 18.6 Å². The summed E-state index contributed by atoms with van der Waals surface area (Å²) >= 11 is 1.24. The highest BCUT2D eigenvalue weighted by molar-refractivity contribution is 7.14. The minimum Gasteiger partial charge on any atom is -0.507 e. The number of Topliss-reactive ketones (excluding diaryl/α,β-unsaturated/α-hetero) is 1. The van der Waals surface area contributed by atoms with Gasteiger partial charge < -0.3 is 14.6 Å². The van der Waals surface area contributed by atoms with Gasteiger partial charge in [-0.05, 0) is 36.2 Å². The van der Waals surface area contributed by atoms with Gasteiger partial charge in [0.1, 0.15) is 17.3 Å². The molecular weight excluding hydrogens is 440 g/mol. The number of carbonyl (C=O) groups is 2. The predicted octanol–water partition coefficient (Wildman–Crippen LogP) is 4.96. The molecule has 1 aromatic heterocycles. The lowest BCUT2D eigenvalue weighted by Gasteiger charge is -2.23. The molecule has 1 unspecified atom stereocenters. The number of ketones is 1. The molecular formula is C25H24N2O5S. The number of aliphatic hydroxyl groups excluding tert-OH is 1. The van der Waals surface area contributed by atoms with Gasteiger partial charge in [-0.15, -0.1) is 11.3 Å². The summed E-state index contributed by atoms with van der Waals surface area (Å²) in [6, 6.07) is 13.1. The Kier molecular flexibility index (Phi) is 6.74. The van der Waals surface area contributed by atoms with E-state index in [2.05, 4.69) is 11.9 Å². The molecule has 1 aliphatic rings. The third-order valence-electron chi connectivity index (χ3n) is 5.35. The predicted molar refractivity (Wildman–Crippen MR) is 127 cm³/mol. The van der Waals surface area contributed by atoms with E-state index in [0.717, 1.165) is 12.8 Å².